The van der Waals surface area contributed by atoms with Gasteiger partial charge in [-0.2, -0.15) is 26.3 Å². The largest absolute Gasteiger partial charge is 0.462 e. The lowest BCUT2D eigenvalue weighted by Crippen LogP contribution is -2.59. The number of benzene rings is 1. The van der Waals surface area contributed by atoms with E-state index < -0.39 is 48.3 Å². The van der Waals surface area contributed by atoms with Gasteiger partial charge in [0.05, 0.1) is 17.7 Å². The number of esters is 2. The van der Waals surface area contributed by atoms with Crippen LogP contribution in [0.5, 0.6) is 0 Å². The maximum absolute atomic E-state index is 13.5. The standard InChI is InChI=1S/C23H28F8O4/c1-2-3-4-5-6-7-8-9-13-34-18(32)16-11-10-12-17(14-16)19(33)35-15-21(26,27)23(30,31)22(28,29)20(24)25/h10-12,14,20H,2-9,13,15H2,1H3. The van der Waals surface area contributed by atoms with Crippen molar-refractivity contribution in [2.24, 2.45) is 0 Å². The maximum Gasteiger partial charge on any atom is 0.381 e. The van der Waals surface area contributed by atoms with Crippen molar-refractivity contribution in [3.05, 3.63) is 35.4 Å². The van der Waals surface area contributed by atoms with Crippen molar-refractivity contribution in [3.8, 4) is 0 Å². The number of ether oxygens (including phenoxy) is 2. The van der Waals surface area contributed by atoms with Crippen LogP contribution in [0, 0.1) is 0 Å². The maximum atomic E-state index is 13.5. The van der Waals surface area contributed by atoms with Crippen molar-refractivity contribution in [1.29, 1.82) is 0 Å². The summed E-state index contributed by atoms with van der Waals surface area (Å²) in [5.74, 6) is -21.1. The van der Waals surface area contributed by atoms with E-state index in [-0.39, 0.29) is 12.2 Å². The average Bonchev–Trinajstić information content (AvgIpc) is 2.81. The minimum atomic E-state index is -6.49. The molecule has 0 aliphatic rings. The summed E-state index contributed by atoms with van der Waals surface area (Å²) >= 11 is 0. The van der Waals surface area contributed by atoms with Crippen LogP contribution in [0.25, 0.3) is 0 Å². The number of carbonyl (C=O) groups excluding carboxylic acids is 2. The molecule has 1 aromatic rings. The summed E-state index contributed by atoms with van der Waals surface area (Å²) in [7, 11) is 0. The molecule has 200 valence electrons. The smallest absolute Gasteiger partial charge is 0.381 e. The predicted octanol–water partition coefficient (Wildman–Crippen LogP) is 7.31. The number of alkyl halides is 8. The van der Waals surface area contributed by atoms with Crippen LogP contribution in [0.2, 0.25) is 0 Å². The molecule has 0 amide bonds. The summed E-state index contributed by atoms with van der Waals surface area (Å²) in [5, 5.41) is 0. The molecule has 0 N–H and O–H groups in total. The number of hydrogen-bond donors (Lipinski definition) is 0. The van der Waals surface area contributed by atoms with Crippen LogP contribution >= 0.6 is 0 Å². The van der Waals surface area contributed by atoms with Gasteiger partial charge in [-0.3, -0.25) is 0 Å². The van der Waals surface area contributed by atoms with Crippen LogP contribution in [0.3, 0.4) is 0 Å². The molecule has 0 spiro atoms. The first-order valence-corrected chi connectivity index (χ1v) is 11.1. The fraction of sp³-hybridized carbons (Fsp3) is 0.652. The molecule has 0 saturated carbocycles. The highest BCUT2D eigenvalue weighted by molar-refractivity contribution is 5.95. The Morgan fingerprint density at radius 1 is 0.800 bits per heavy atom. The summed E-state index contributed by atoms with van der Waals surface area (Å²) < 4.78 is 113. The van der Waals surface area contributed by atoms with Crippen LogP contribution in [0.15, 0.2) is 24.3 Å². The fourth-order valence-corrected chi connectivity index (χ4v) is 2.97. The third-order valence-corrected chi connectivity index (χ3v) is 5.10. The van der Waals surface area contributed by atoms with E-state index in [1.807, 2.05) is 0 Å². The van der Waals surface area contributed by atoms with Gasteiger partial charge in [-0.25, -0.2) is 18.4 Å². The minimum Gasteiger partial charge on any atom is -0.462 e. The molecule has 0 unspecified atom stereocenters. The zero-order valence-corrected chi connectivity index (χ0v) is 19.1. The van der Waals surface area contributed by atoms with E-state index >= 15 is 0 Å². The molecule has 0 radical (unpaired) electrons. The second kappa shape index (κ2) is 13.6. The Morgan fingerprint density at radius 3 is 1.80 bits per heavy atom. The van der Waals surface area contributed by atoms with Gasteiger partial charge in [0.25, 0.3) is 0 Å². The molecule has 0 aliphatic heterocycles. The van der Waals surface area contributed by atoms with Gasteiger partial charge in [0, 0.05) is 0 Å². The fourth-order valence-electron chi connectivity index (χ4n) is 2.97. The van der Waals surface area contributed by atoms with E-state index in [0.29, 0.717) is 6.42 Å². The summed E-state index contributed by atoms with van der Waals surface area (Å²) in [5.41, 5.74) is -0.702. The number of halogens is 8. The zero-order chi connectivity index (χ0) is 26.7. The van der Waals surface area contributed by atoms with E-state index in [9.17, 15) is 44.7 Å². The predicted molar refractivity (Wildman–Crippen MR) is 110 cm³/mol. The highest BCUT2D eigenvalue weighted by Gasteiger charge is 2.75. The quantitative estimate of drug-likeness (QED) is 0.130. The topological polar surface area (TPSA) is 52.6 Å². The van der Waals surface area contributed by atoms with Crippen LogP contribution < -0.4 is 0 Å². The molecule has 0 aromatic heterocycles. The van der Waals surface area contributed by atoms with Gasteiger partial charge in [-0.1, -0.05) is 57.9 Å². The summed E-state index contributed by atoms with van der Waals surface area (Å²) in [6.07, 6.45) is 3.07. The summed E-state index contributed by atoms with van der Waals surface area (Å²) in [6, 6.07) is 4.25. The average molecular weight is 520 g/mol. The van der Waals surface area contributed by atoms with Crippen molar-refractivity contribution in [2.75, 3.05) is 13.2 Å². The second-order valence-electron chi connectivity index (χ2n) is 7.97. The van der Waals surface area contributed by atoms with Crippen LogP contribution in [0.4, 0.5) is 35.1 Å². The highest BCUT2D eigenvalue weighted by Crippen LogP contribution is 2.48. The number of rotatable bonds is 16. The zero-order valence-electron chi connectivity index (χ0n) is 19.1. The summed E-state index contributed by atoms with van der Waals surface area (Å²) in [6.45, 7) is -0.368. The number of carbonyl (C=O) groups is 2. The monoisotopic (exact) mass is 520 g/mol. The van der Waals surface area contributed by atoms with Gasteiger partial charge in [0.15, 0.2) is 6.61 Å². The third kappa shape index (κ3) is 8.64. The Bertz CT molecular complexity index is 814. The molecule has 0 saturated heterocycles. The third-order valence-electron chi connectivity index (χ3n) is 5.10. The van der Waals surface area contributed by atoms with Gasteiger partial charge in [0.1, 0.15) is 0 Å². The molecule has 1 aromatic carbocycles. The minimum absolute atomic E-state index is 0.0993. The van der Waals surface area contributed by atoms with E-state index in [0.717, 1.165) is 50.3 Å². The van der Waals surface area contributed by atoms with Gasteiger partial charge in [0.2, 0.25) is 0 Å². The van der Waals surface area contributed by atoms with E-state index in [4.69, 9.17) is 4.74 Å². The first-order chi connectivity index (χ1) is 16.3. The van der Waals surface area contributed by atoms with Gasteiger partial charge in [-0.15, -0.1) is 0 Å². The van der Waals surface area contributed by atoms with E-state index in [1.165, 1.54) is 18.9 Å². The van der Waals surface area contributed by atoms with E-state index in [2.05, 4.69) is 11.7 Å². The lowest BCUT2D eigenvalue weighted by molar-refractivity contribution is -0.343. The van der Waals surface area contributed by atoms with Crippen molar-refractivity contribution in [3.63, 3.8) is 0 Å². The molecule has 0 heterocycles. The molecular formula is C23H28F8O4. The summed E-state index contributed by atoms with van der Waals surface area (Å²) in [4.78, 5) is 24.0. The Labute approximate surface area is 198 Å². The Hall–Kier alpha value is -2.40. The van der Waals surface area contributed by atoms with Gasteiger partial charge < -0.3 is 9.47 Å². The Balaban J connectivity index is 2.59. The van der Waals surface area contributed by atoms with Crippen molar-refractivity contribution in [2.45, 2.75) is 82.5 Å². The van der Waals surface area contributed by atoms with Gasteiger partial charge in [-0.05, 0) is 24.6 Å². The number of hydrogen-bond acceptors (Lipinski definition) is 4. The molecule has 0 aliphatic carbocycles. The molecule has 12 heteroatoms. The van der Waals surface area contributed by atoms with Crippen molar-refractivity contribution < 1.29 is 54.2 Å². The van der Waals surface area contributed by atoms with Gasteiger partial charge >= 0.3 is 36.1 Å². The normalized spacial score (nSPS) is 12.6. The molecule has 0 bridgehead atoms. The molecule has 4 nitrogen and oxygen atoms in total. The lowest BCUT2D eigenvalue weighted by atomic mass is 10.1. The Kier molecular flexibility index (Phi) is 11.9. The second-order valence-corrected chi connectivity index (χ2v) is 7.97. The highest BCUT2D eigenvalue weighted by atomic mass is 19.4. The Morgan fingerprint density at radius 2 is 1.29 bits per heavy atom. The SMILES string of the molecule is CCCCCCCCCCOC(=O)c1cccc(C(=O)OCC(F)(F)C(F)(F)C(F)(F)C(F)F)c1. The van der Waals surface area contributed by atoms with Crippen molar-refractivity contribution in [1.82, 2.24) is 0 Å². The van der Waals surface area contributed by atoms with E-state index in [1.54, 1.807) is 0 Å². The molecule has 35 heavy (non-hydrogen) atoms. The number of unbranched alkanes of at least 4 members (excludes halogenated alkanes) is 7. The first-order valence-electron chi connectivity index (χ1n) is 11.1. The molecule has 0 atom stereocenters. The van der Waals surface area contributed by atoms with Crippen LogP contribution in [0.1, 0.15) is 79.0 Å². The molecular weight excluding hydrogens is 492 g/mol. The van der Waals surface area contributed by atoms with Crippen LogP contribution in [-0.4, -0.2) is 49.3 Å². The molecule has 0 fully saturated rings. The first kappa shape index (κ1) is 30.6. The van der Waals surface area contributed by atoms with Crippen molar-refractivity contribution >= 4 is 11.9 Å². The molecule has 1 rings (SSSR count). The van der Waals surface area contributed by atoms with Crippen LogP contribution in [-0.2, 0) is 9.47 Å². The lowest BCUT2D eigenvalue weighted by Gasteiger charge is -2.31.